The van der Waals surface area contributed by atoms with Gasteiger partial charge in [-0.25, -0.2) is 0 Å². The molecule has 22 heavy (non-hydrogen) atoms. The smallest absolute Gasteiger partial charge is 0.213 e. The van der Waals surface area contributed by atoms with Crippen molar-refractivity contribution in [3.63, 3.8) is 0 Å². The van der Waals surface area contributed by atoms with E-state index < -0.39 is 8.03 Å². The van der Waals surface area contributed by atoms with Crippen LogP contribution in [0.4, 0.5) is 0 Å². The lowest BCUT2D eigenvalue weighted by Gasteiger charge is -2.59. The third-order valence-electron chi connectivity index (χ3n) is 8.38. The van der Waals surface area contributed by atoms with Gasteiger partial charge in [-0.05, 0) is 85.9 Å². The van der Waals surface area contributed by atoms with E-state index in [0.29, 0.717) is 16.7 Å². The molecule has 0 heterocycles. The van der Waals surface area contributed by atoms with Crippen LogP contribution in [-0.2, 0) is 4.57 Å². The second-order valence-electron chi connectivity index (χ2n) is 9.18. The summed E-state index contributed by atoms with van der Waals surface area (Å²) in [4.78, 5) is 9.52. The Labute approximate surface area is 135 Å². The monoisotopic (exact) mass is 322 g/mol. The zero-order valence-corrected chi connectivity index (χ0v) is 15.1. The van der Waals surface area contributed by atoms with Crippen LogP contribution in [0, 0.1) is 34.5 Å². The number of allylic oxidation sites excluding steroid dienone is 2. The summed E-state index contributed by atoms with van der Waals surface area (Å²) in [6.07, 6.45) is 14.0. The molecular formula is C19H31O2P. The van der Waals surface area contributed by atoms with Crippen LogP contribution >= 0.6 is 8.03 Å². The normalized spacial score (nSPS) is 52.2. The molecule has 3 heteroatoms. The number of fused-ring (bicyclic) bond motifs is 5. The largest absolute Gasteiger partial charge is 0.343 e. The summed E-state index contributed by atoms with van der Waals surface area (Å²) in [6, 6.07) is 0. The highest BCUT2D eigenvalue weighted by molar-refractivity contribution is 7.43. The first kappa shape index (κ1) is 15.5. The molecule has 4 aliphatic rings. The summed E-state index contributed by atoms with van der Waals surface area (Å²) in [5.41, 5.74) is 1.03. The Hall–Kier alpha value is -0.0700. The van der Waals surface area contributed by atoms with Gasteiger partial charge in [-0.3, -0.25) is 4.57 Å². The van der Waals surface area contributed by atoms with E-state index in [-0.39, 0.29) is 0 Å². The average Bonchev–Trinajstić information content (AvgIpc) is 2.88. The zero-order valence-electron chi connectivity index (χ0n) is 14.1. The van der Waals surface area contributed by atoms with Crippen LogP contribution in [0.15, 0.2) is 11.4 Å². The van der Waals surface area contributed by atoms with Crippen LogP contribution < -0.4 is 0 Å². The molecule has 7 atom stereocenters. The van der Waals surface area contributed by atoms with E-state index >= 15 is 0 Å². The molecule has 1 N–H and O–H groups in total. The summed E-state index contributed by atoms with van der Waals surface area (Å²) in [7, 11) is -2.45. The summed E-state index contributed by atoms with van der Waals surface area (Å²) < 4.78 is 11.5. The summed E-state index contributed by atoms with van der Waals surface area (Å²) in [5.74, 6) is 3.41. The van der Waals surface area contributed by atoms with Crippen molar-refractivity contribution in [2.75, 3.05) is 0 Å². The van der Waals surface area contributed by atoms with Gasteiger partial charge in [-0.1, -0.05) is 26.3 Å². The van der Waals surface area contributed by atoms with E-state index in [4.69, 9.17) is 0 Å². The number of hydrogen-bond donors (Lipinski definition) is 1. The van der Waals surface area contributed by atoms with E-state index in [9.17, 15) is 9.46 Å². The highest BCUT2D eigenvalue weighted by Gasteiger charge is 2.57. The van der Waals surface area contributed by atoms with Gasteiger partial charge >= 0.3 is 0 Å². The number of rotatable bonds is 1. The average molecular weight is 322 g/mol. The molecule has 3 fully saturated rings. The lowest BCUT2D eigenvalue weighted by molar-refractivity contribution is -0.0875. The molecule has 0 spiro atoms. The fourth-order valence-electron chi connectivity index (χ4n) is 7.05. The Kier molecular flexibility index (Phi) is 3.66. The van der Waals surface area contributed by atoms with Crippen molar-refractivity contribution in [3.05, 3.63) is 11.4 Å². The van der Waals surface area contributed by atoms with Crippen LogP contribution in [0.2, 0.25) is 0 Å². The van der Waals surface area contributed by atoms with Gasteiger partial charge in [0.15, 0.2) is 0 Å². The van der Waals surface area contributed by atoms with E-state index in [1.807, 2.05) is 0 Å². The maximum atomic E-state index is 11.5. The highest BCUT2D eigenvalue weighted by atomic mass is 31.1. The molecule has 0 aliphatic heterocycles. The summed E-state index contributed by atoms with van der Waals surface area (Å²) in [5, 5.41) is 0.868. The van der Waals surface area contributed by atoms with Gasteiger partial charge in [0, 0.05) is 5.31 Å². The first-order valence-corrected chi connectivity index (χ1v) is 10.7. The minimum atomic E-state index is -2.45. The quantitative estimate of drug-likeness (QED) is 0.658. The van der Waals surface area contributed by atoms with Gasteiger partial charge < -0.3 is 4.89 Å². The van der Waals surface area contributed by atoms with Crippen LogP contribution in [0.1, 0.15) is 71.6 Å². The molecule has 4 aliphatic carbocycles. The fraction of sp³-hybridized carbons (Fsp3) is 0.895. The molecule has 0 aromatic rings. The van der Waals surface area contributed by atoms with Crippen LogP contribution in [0.3, 0.4) is 0 Å². The van der Waals surface area contributed by atoms with E-state index in [1.165, 1.54) is 44.9 Å². The van der Waals surface area contributed by atoms with Gasteiger partial charge in [-0.15, -0.1) is 0 Å². The molecule has 0 aromatic heterocycles. The molecule has 3 saturated carbocycles. The third kappa shape index (κ3) is 2.13. The molecule has 4 rings (SSSR count). The lowest BCUT2D eigenvalue weighted by Crippen LogP contribution is -2.51. The van der Waals surface area contributed by atoms with Crippen LogP contribution in [0.25, 0.3) is 0 Å². The van der Waals surface area contributed by atoms with Crippen molar-refractivity contribution < 1.29 is 9.46 Å². The maximum Gasteiger partial charge on any atom is 0.213 e. The Bertz CT molecular complexity index is 528. The molecule has 0 aromatic carbocycles. The SMILES string of the molecule is C[C@@]12CCC[C@H]1[C@@H]1CCC3CC([PH](=O)O)=CC[C@]3(C)[C@H]1CC2. The maximum absolute atomic E-state index is 11.5. The van der Waals surface area contributed by atoms with E-state index in [2.05, 4.69) is 19.9 Å². The third-order valence-corrected chi connectivity index (χ3v) is 9.33. The van der Waals surface area contributed by atoms with Crippen LogP contribution in [-0.4, -0.2) is 4.89 Å². The van der Waals surface area contributed by atoms with Gasteiger partial charge in [-0.2, -0.15) is 0 Å². The molecule has 0 amide bonds. The topological polar surface area (TPSA) is 37.3 Å². The van der Waals surface area contributed by atoms with Crippen molar-refractivity contribution in [2.24, 2.45) is 34.5 Å². The van der Waals surface area contributed by atoms with Crippen molar-refractivity contribution >= 4 is 8.03 Å². The van der Waals surface area contributed by atoms with Crippen molar-refractivity contribution in [1.82, 2.24) is 0 Å². The van der Waals surface area contributed by atoms with Gasteiger partial charge in [0.2, 0.25) is 8.03 Å². The van der Waals surface area contributed by atoms with Crippen LogP contribution in [0.5, 0.6) is 0 Å². The predicted molar refractivity (Wildman–Crippen MR) is 91.0 cm³/mol. The molecule has 0 saturated heterocycles. The molecule has 124 valence electrons. The second-order valence-corrected chi connectivity index (χ2v) is 10.4. The van der Waals surface area contributed by atoms with E-state index in [0.717, 1.165) is 35.9 Å². The minimum absolute atomic E-state index is 0.396. The highest BCUT2D eigenvalue weighted by Crippen LogP contribution is 2.66. The van der Waals surface area contributed by atoms with E-state index in [1.54, 1.807) is 0 Å². The Morgan fingerprint density at radius 3 is 2.73 bits per heavy atom. The van der Waals surface area contributed by atoms with Gasteiger partial charge in [0.25, 0.3) is 0 Å². The van der Waals surface area contributed by atoms with Gasteiger partial charge in [0.1, 0.15) is 0 Å². The minimum Gasteiger partial charge on any atom is -0.343 e. The first-order valence-electron chi connectivity index (χ1n) is 9.36. The molecule has 0 bridgehead atoms. The number of hydrogen-bond acceptors (Lipinski definition) is 1. The molecule has 2 nitrogen and oxygen atoms in total. The van der Waals surface area contributed by atoms with Crippen molar-refractivity contribution in [3.8, 4) is 0 Å². The summed E-state index contributed by atoms with van der Waals surface area (Å²) in [6.45, 7) is 5.07. The zero-order chi connectivity index (χ0) is 15.5. The standard InChI is InChI=1S/C19H31O2P/c1-18-9-3-4-16(18)15-6-5-13-12-14(22(20)21)7-11-19(13,2)17(15)8-10-18/h7,13,15-17,22H,3-6,8-12H2,1-2H3,(H,20,21)/t13?,15-,16-,17-,18-,19-/m0/s1. The fourth-order valence-corrected chi connectivity index (χ4v) is 7.75. The Balaban J connectivity index is 1.63. The second kappa shape index (κ2) is 5.21. The predicted octanol–water partition coefficient (Wildman–Crippen LogP) is 5.38. The molecular weight excluding hydrogens is 291 g/mol. The molecule has 0 radical (unpaired) electrons. The van der Waals surface area contributed by atoms with Crippen molar-refractivity contribution in [1.29, 1.82) is 0 Å². The van der Waals surface area contributed by atoms with Gasteiger partial charge in [0.05, 0.1) is 0 Å². The van der Waals surface area contributed by atoms with Crippen molar-refractivity contribution in [2.45, 2.75) is 71.6 Å². The first-order chi connectivity index (χ1) is 10.4. The lowest BCUT2D eigenvalue weighted by atomic mass is 9.46. The Morgan fingerprint density at radius 1 is 1.14 bits per heavy atom. The molecule has 2 unspecified atom stereocenters. The summed E-state index contributed by atoms with van der Waals surface area (Å²) >= 11 is 0. The Morgan fingerprint density at radius 2 is 1.95 bits per heavy atom.